The Balaban J connectivity index is 4.09. The van der Waals surface area contributed by atoms with Gasteiger partial charge in [-0.15, -0.1) is 0 Å². The molecule has 0 saturated heterocycles. The number of nitrogens with one attached hydrogen (secondary N) is 1. The maximum Gasteiger partial charge on any atom is 0.459 e. The van der Waals surface area contributed by atoms with Crippen LogP contribution in [0.1, 0.15) is 32.1 Å². The van der Waals surface area contributed by atoms with Crippen molar-refractivity contribution in [2.75, 3.05) is 14.2 Å². The third kappa shape index (κ3) is 3.53. The maximum atomic E-state index is 13.6. The van der Waals surface area contributed by atoms with Gasteiger partial charge in [-0.1, -0.05) is 0 Å². The lowest BCUT2D eigenvalue weighted by Crippen LogP contribution is -2.36. The highest BCUT2D eigenvalue weighted by atomic mass is 19.4. The Morgan fingerprint density at radius 1 is 0.667 bits per heavy atom. The number of rotatable bonds is 4. The van der Waals surface area contributed by atoms with Crippen LogP contribution < -0.4 is 0 Å². The van der Waals surface area contributed by atoms with E-state index in [1.165, 1.54) is 0 Å². The predicted molar refractivity (Wildman–Crippen MR) is 63.4 cm³/mol. The first-order chi connectivity index (χ1) is 11.9. The molecule has 0 bridgehead atoms. The van der Waals surface area contributed by atoms with Gasteiger partial charge in [0.1, 0.15) is 22.5 Å². The molecule has 5 nitrogen and oxygen atoms in total. The first-order valence-corrected chi connectivity index (χ1v) is 6.27. The summed E-state index contributed by atoms with van der Waals surface area (Å²) in [6.45, 7) is 0. The van der Waals surface area contributed by atoms with Crippen molar-refractivity contribution in [3.8, 4) is 0 Å². The van der Waals surface area contributed by atoms with E-state index in [9.17, 15) is 53.5 Å². The van der Waals surface area contributed by atoms with Crippen molar-refractivity contribution in [3.63, 3.8) is 0 Å². The van der Waals surface area contributed by atoms with Gasteiger partial charge >= 0.3 is 36.1 Å². The van der Waals surface area contributed by atoms with E-state index in [2.05, 4.69) is 9.47 Å². The number of methoxy groups -OCH3 is 2. The van der Waals surface area contributed by atoms with Crippen LogP contribution in [0, 0.1) is 0 Å². The minimum Gasteiger partial charge on any atom is -0.465 e. The van der Waals surface area contributed by atoms with E-state index >= 15 is 0 Å². The van der Waals surface area contributed by atoms with Gasteiger partial charge in [0.05, 0.1) is 14.2 Å². The highest BCUT2D eigenvalue weighted by Gasteiger charge is 2.66. The number of alkyl halides is 10. The molecule has 15 heteroatoms. The van der Waals surface area contributed by atoms with E-state index in [1.807, 2.05) is 0 Å². The first-order valence-electron chi connectivity index (χ1n) is 6.27. The minimum atomic E-state index is -6.53. The third-order valence-electron chi connectivity index (χ3n) is 3.12. The van der Waals surface area contributed by atoms with Crippen molar-refractivity contribution in [1.82, 2.24) is 4.98 Å². The number of hydrogen-bond donors (Lipinski definition) is 1. The largest absolute Gasteiger partial charge is 0.465 e. The van der Waals surface area contributed by atoms with Crippen molar-refractivity contribution in [3.05, 3.63) is 22.5 Å². The van der Waals surface area contributed by atoms with Crippen LogP contribution in [0.5, 0.6) is 0 Å². The molecule has 154 valence electrons. The monoisotopic (exact) mass is 419 g/mol. The van der Waals surface area contributed by atoms with E-state index in [-0.39, 0.29) is 0 Å². The van der Waals surface area contributed by atoms with Crippen LogP contribution in [0.25, 0.3) is 0 Å². The second-order valence-corrected chi connectivity index (χ2v) is 4.75. The normalized spacial score (nSPS) is 13.5. The van der Waals surface area contributed by atoms with Gasteiger partial charge in [0.15, 0.2) is 0 Å². The third-order valence-corrected chi connectivity index (χ3v) is 3.12. The quantitative estimate of drug-likeness (QED) is 0.594. The zero-order chi connectivity index (χ0) is 21.6. The number of carbonyl (C=O) groups is 2. The fourth-order valence-corrected chi connectivity index (χ4v) is 1.87. The number of hydrogen-bond acceptors (Lipinski definition) is 4. The molecule has 0 radical (unpaired) electrons. The van der Waals surface area contributed by atoms with E-state index in [0.29, 0.717) is 19.2 Å². The summed E-state index contributed by atoms with van der Waals surface area (Å²) in [7, 11) is 0.793. The summed E-state index contributed by atoms with van der Waals surface area (Å²) in [5.74, 6) is -16.7. The number of aromatic amines is 1. The average Bonchev–Trinajstić information content (AvgIpc) is 2.92. The molecule has 1 aromatic heterocycles. The maximum absolute atomic E-state index is 13.6. The van der Waals surface area contributed by atoms with Crippen LogP contribution in [0.3, 0.4) is 0 Å². The lowest BCUT2D eigenvalue weighted by molar-refractivity contribution is -0.294. The summed E-state index contributed by atoms with van der Waals surface area (Å²) in [6, 6.07) is 0. The van der Waals surface area contributed by atoms with Gasteiger partial charge in [-0.05, 0) is 0 Å². The molecule has 0 atom stereocenters. The molecular weight excluding hydrogens is 412 g/mol. The molecule has 1 rings (SSSR count). The Hall–Kier alpha value is -2.48. The van der Waals surface area contributed by atoms with Crippen LogP contribution in [-0.2, 0) is 21.3 Å². The van der Waals surface area contributed by atoms with Gasteiger partial charge in [-0.25, -0.2) is 9.59 Å². The standard InChI is InChI=1S/C12H7F10NO4/c1-26-7(24)3-4(8(25)27-2)6(10(15,16)12(20,21)22)23-5(3)9(13,14)11(17,18)19/h23H,1-2H3. The van der Waals surface area contributed by atoms with Gasteiger partial charge in [-0.3, -0.25) is 0 Å². The summed E-state index contributed by atoms with van der Waals surface area (Å²) in [6.07, 6.45) is -13.1. The van der Waals surface area contributed by atoms with Crippen molar-refractivity contribution in [2.24, 2.45) is 0 Å². The topological polar surface area (TPSA) is 68.4 Å². The summed E-state index contributed by atoms with van der Waals surface area (Å²) in [5, 5.41) is 0. The highest BCUT2D eigenvalue weighted by molar-refractivity contribution is 6.05. The summed E-state index contributed by atoms with van der Waals surface area (Å²) in [4.78, 5) is 23.7. The van der Waals surface area contributed by atoms with Crippen LogP contribution in [0.4, 0.5) is 43.9 Å². The fourth-order valence-electron chi connectivity index (χ4n) is 1.87. The van der Waals surface area contributed by atoms with Crippen molar-refractivity contribution in [2.45, 2.75) is 24.2 Å². The number of esters is 2. The molecule has 0 fully saturated rings. The molecule has 1 heterocycles. The van der Waals surface area contributed by atoms with Gasteiger partial charge < -0.3 is 14.5 Å². The molecule has 0 aliphatic carbocycles. The highest BCUT2D eigenvalue weighted by Crippen LogP contribution is 2.50. The molecule has 0 aromatic carbocycles. The van der Waals surface area contributed by atoms with Crippen molar-refractivity contribution in [1.29, 1.82) is 0 Å². The van der Waals surface area contributed by atoms with Gasteiger partial charge in [-0.2, -0.15) is 43.9 Å². The molecule has 1 aromatic rings. The molecule has 0 saturated carbocycles. The fraction of sp³-hybridized carbons (Fsp3) is 0.500. The smallest absolute Gasteiger partial charge is 0.459 e. The molecule has 1 N–H and O–H groups in total. The molecule has 0 aliphatic heterocycles. The van der Waals surface area contributed by atoms with Gasteiger partial charge in [0.2, 0.25) is 0 Å². The van der Waals surface area contributed by atoms with E-state index in [4.69, 9.17) is 0 Å². The first kappa shape index (κ1) is 22.6. The van der Waals surface area contributed by atoms with Crippen LogP contribution in [-0.4, -0.2) is 43.5 Å². The number of ether oxygens (including phenoxy) is 2. The average molecular weight is 419 g/mol. The van der Waals surface area contributed by atoms with Gasteiger partial charge in [0, 0.05) is 0 Å². The van der Waals surface area contributed by atoms with Crippen LogP contribution in [0.2, 0.25) is 0 Å². The van der Waals surface area contributed by atoms with E-state index < -0.39 is 58.7 Å². The Kier molecular flexibility index (Phi) is 5.51. The number of aromatic nitrogens is 1. The lowest BCUT2D eigenvalue weighted by Gasteiger charge is -2.20. The lowest BCUT2D eigenvalue weighted by atomic mass is 10.0. The number of halogens is 10. The molecule has 0 unspecified atom stereocenters. The second-order valence-electron chi connectivity index (χ2n) is 4.75. The zero-order valence-electron chi connectivity index (χ0n) is 12.9. The van der Waals surface area contributed by atoms with E-state index in [0.717, 1.165) is 0 Å². The Morgan fingerprint density at radius 2 is 0.926 bits per heavy atom. The van der Waals surface area contributed by atoms with Crippen LogP contribution >= 0.6 is 0 Å². The molecule has 0 amide bonds. The Bertz CT molecular complexity index is 686. The molecular formula is C12H7F10NO4. The molecule has 27 heavy (non-hydrogen) atoms. The summed E-state index contributed by atoms with van der Waals surface area (Å²) in [5.41, 5.74) is -9.82. The van der Waals surface area contributed by atoms with Crippen molar-refractivity contribution >= 4 is 11.9 Å². The van der Waals surface area contributed by atoms with Crippen molar-refractivity contribution < 1.29 is 63.0 Å². The minimum absolute atomic E-state index is 0.396. The van der Waals surface area contributed by atoms with E-state index in [1.54, 1.807) is 0 Å². The predicted octanol–water partition coefficient (Wildman–Crippen LogP) is 3.90. The second kappa shape index (κ2) is 6.60. The summed E-state index contributed by atoms with van der Waals surface area (Å²) < 4.78 is 138. The summed E-state index contributed by atoms with van der Waals surface area (Å²) >= 11 is 0. The van der Waals surface area contributed by atoms with Crippen LogP contribution in [0.15, 0.2) is 0 Å². The SMILES string of the molecule is COC(=O)c1c(C(F)(F)C(F)(F)F)[nH]c(C(F)(F)C(F)(F)F)c1C(=O)OC. The number of H-pyrrole nitrogens is 1. The molecule has 0 aliphatic rings. The Morgan fingerprint density at radius 3 is 1.11 bits per heavy atom. The zero-order valence-corrected chi connectivity index (χ0v) is 12.9. The molecule has 0 spiro atoms. The van der Waals surface area contributed by atoms with Gasteiger partial charge in [0.25, 0.3) is 0 Å². The Labute approximate surface area is 142 Å². The number of carbonyl (C=O) groups excluding carboxylic acids is 2.